The molecule has 0 aromatic heterocycles. The zero-order valence-electron chi connectivity index (χ0n) is 10.2. The molecule has 3 nitrogen and oxygen atoms in total. The molecular formula is C13H17Cl2NO2. The maximum Gasteiger partial charge on any atom is 0.307 e. The van der Waals surface area contributed by atoms with E-state index in [-0.39, 0.29) is 12.5 Å². The van der Waals surface area contributed by atoms with E-state index in [4.69, 9.17) is 34.0 Å². The van der Waals surface area contributed by atoms with Crippen molar-refractivity contribution in [1.29, 1.82) is 0 Å². The summed E-state index contributed by atoms with van der Waals surface area (Å²) in [6.07, 6.45) is 1.33. The Balaban J connectivity index is 2.61. The van der Waals surface area contributed by atoms with Crippen LogP contribution < -0.4 is 5.73 Å². The van der Waals surface area contributed by atoms with Gasteiger partial charge in [0.2, 0.25) is 0 Å². The average Bonchev–Trinajstić information content (AvgIpc) is 2.30. The van der Waals surface area contributed by atoms with Gasteiger partial charge >= 0.3 is 5.97 Å². The maximum absolute atomic E-state index is 10.9. The number of rotatable bonds is 6. The van der Waals surface area contributed by atoms with Crippen molar-refractivity contribution in [2.24, 2.45) is 17.6 Å². The molecule has 0 amide bonds. The Hall–Kier alpha value is -0.770. The van der Waals surface area contributed by atoms with E-state index >= 15 is 0 Å². The standard InChI is InChI=1S/C13H17Cl2NO2/c1-8(5-10(7-16)13(17)18)4-9-2-3-11(14)12(15)6-9/h2-3,6,8,10H,4-5,7,16H2,1H3,(H,17,18). The summed E-state index contributed by atoms with van der Waals surface area (Å²) in [6.45, 7) is 2.18. The van der Waals surface area contributed by atoms with Crippen LogP contribution in [0.3, 0.4) is 0 Å². The van der Waals surface area contributed by atoms with Gasteiger partial charge in [0, 0.05) is 6.54 Å². The van der Waals surface area contributed by atoms with Crippen LogP contribution in [0.25, 0.3) is 0 Å². The minimum atomic E-state index is -0.835. The number of benzene rings is 1. The van der Waals surface area contributed by atoms with Crippen molar-refractivity contribution in [2.75, 3.05) is 6.54 Å². The molecule has 0 heterocycles. The predicted molar refractivity (Wildman–Crippen MR) is 74.1 cm³/mol. The molecule has 2 atom stereocenters. The molecule has 18 heavy (non-hydrogen) atoms. The van der Waals surface area contributed by atoms with Crippen molar-refractivity contribution in [2.45, 2.75) is 19.8 Å². The molecule has 0 radical (unpaired) electrons. The fraction of sp³-hybridized carbons (Fsp3) is 0.462. The molecule has 1 aromatic carbocycles. The van der Waals surface area contributed by atoms with Gasteiger partial charge in [0.05, 0.1) is 16.0 Å². The van der Waals surface area contributed by atoms with Crippen LogP contribution in [-0.4, -0.2) is 17.6 Å². The summed E-state index contributed by atoms with van der Waals surface area (Å²) >= 11 is 11.8. The quantitative estimate of drug-likeness (QED) is 0.845. The molecule has 0 bridgehead atoms. The van der Waals surface area contributed by atoms with Crippen LogP contribution >= 0.6 is 23.2 Å². The summed E-state index contributed by atoms with van der Waals surface area (Å²) in [5.41, 5.74) is 6.49. The van der Waals surface area contributed by atoms with Crippen molar-refractivity contribution in [3.8, 4) is 0 Å². The summed E-state index contributed by atoms with van der Waals surface area (Å²) in [7, 11) is 0. The summed E-state index contributed by atoms with van der Waals surface area (Å²) in [4.78, 5) is 10.9. The highest BCUT2D eigenvalue weighted by Crippen LogP contribution is 2.25. The molecule has 3 N–H and O–H groups in total. The Labute approximate surface area is 117 Å². The van der Waals surface area contributed by atoms with Gasteiger partial charge < -0.3 is 10.8 Å². The molecule has 0 fully saturated rings. The van der Waals surface area contributed by atoms with Crippen molar-refractivity contribution in [3.05, 3.63) is 33.8 Å². The number of hydrogen-bond donors (Lipinski definition) is 2. The monoisotopic (exact) mass is 289 g/mol. The Bertz CT molecular complexity index is 423. The van der Waals surface area contributed by atoms with E-state index in [1.54, 1.807) is 6.07 Å². The van der Waals surface area contributed by atoms with Crippen molar-refractivity contribution >= 4 is 29.2 Å². The molecule has 2 unspecified atom stereocenters. The first-order valence-corrected chi connectivity index (χ1v) is 6.56. The largest absolute Gasteiger partial charge is 0.481 e. The molecule has 100 valence electrons. The smallest absolute Gasteiger partial charge is 0.307 e. The number of nitrogens with two attached hydrogens (primary N) is 1. The lowest BCUT2D eigenvalue weighted by atomic mass is 9.91. The Morgan fingerprint density at radius 2 is 2.06 bits per heavy atom. The number of carboxylic acids is 1. The molecule has 0 aliphatic heterocycles. The third-order valence-corrected chi connectivity index (χ3v) is 3.63. The van der Waals surface area contributed by atoms with E-state index in [1.807, 2.05) is 19.1 Å². The Kier molecular flexibility index (Phi) is 5.93. The van der Waals surface area contributed by atoms with Gasteiger partial charge in [-0.3, -0.25) is 4.79 Å². The maximum atomic E-state index is 10.9. The van der Waals surface area contributed by atoms with E-state index < -0.39 is 11.9 Å². The van der Waals surface area contributed by atoms with Crippen molar-refractivity contribution < 1.29 is 9.90 Å². The zero-order chi connectivity index (χ0) is 13.7. The third kappa shape index (κ3) is 4.48. The highest BCUT2D eigenvalue weighted by molar-refractivity contribution is 6.42. The Morgan fingerprint density at radius 1 is 1.39 bits per heavy atom. The predicted octanol–water partition coefficient (Wildman–Crippen LogP) is 3.22. The second kappa shape index (κ2) is 6.98. The number of hydrogen-bond acceptors (Lipinski definition) is 2. The van der Waals surface area contributed by atoms with E-state index in [9.17, 15) is 4.79 Å². The minimum absolute atomic E-state index is 0.168. The van der Waals surface area contributed by atoms with Gasteiger partial charge in [0.1, 0.15) is 0 Å². The number of carboxylic acid groups (broad SMARTS) is 1. The fourth-order valence-electron chi connectivity index (χ4n) is 1.94. The molecule has 0 saturated carbocycles. The number of carbonyl (C=O) groups is 1. The summed E-state index contributed by atoms with van der Waals surface area (Å²) in [6, 6.07) is 5.48. The van der Waals surface area contributed by atoms with Gasteiger partial charge in [-0.05, 0) is 36.5 Å². The lowest BCUT2D eigenvalue weighted by Crippen LogP contribution is -2.25. The first-order valence-electron chi connectivity index (χ1n) is 5.80. The lowest BCUT2D eigenvalue weighted by Gasteiger charge is -2.16. The third-order valence-electron chi connectivity index (χ3n) is 2.89. The molecular weight excluding hydrogens is 273 g/mol. The van der Waals surface area contributed by atoms with Crippen LogP contribution in [0.2, 0.25) is 10.0 Å². The van der Waals surface area contributed by atoms with Crippen molar-refractivity contribution in [1.82, 2.24) is 0 Å². The average molecular weight is 290 g/mol. The van der Waals surface area contributed by atoms with Crippen LogP contribution in [0.4, 0.5) is 0 Å². The molecule has 5 heteroatoms. The van der Waals surface area contributed by atoms with Crippen molar-refractivity contribution in [3.63, 3.8) is 0 Å². The van der Waals surface area contributed by atoms with Gasteiger partial charge in [-0.15, -0.1) is 0 Å². The molecule has 0 spiro atoms. The second-order valence-corrected chi connectivity index (χ2v) is 5.38. The number of aliphatic carboxylic acids is 1. The van der Waals surface area contributed by atoms with E-state index in [1.165, 1.54) is 0 Å². The first kappa shape index (κ1) is 15.3. The fourth-order valence-corrected chi connectivity index (χ4v) is 2.26. The summed E-state index contributed by atoms with van der Waals surface area (Å²) in [5, 5.41) is 10.00. The van der Waals surface area contributed by atoms with Crippen LogP contribution in [0.5, 0.6) is 0 Å². The van der Waals surface area contributed by atoms with Crippen LogP contribution in [0, 0.1) is 11.8 Å². The number of halogens is 2. The Morgan fingerprint density at radius 3 is 2.56 bits per heavy atom. The molecule has 1 aromatic rings. The van der Waals surface area contributed by atoms with E-state index in [0.29, 0.717) is 16.5 Å². The first-order chi connectivity index (χ1) is 8.43. The second-order valence-electron chi connectivity index (χ2n) is 4.56. The zero-order valence-corrected chi connectivity index (χ0v) is 11.7. The summed E-state index contributed by atoms with van der Waals surface area (Å²) in [5.74, 6) is -1.09. The van der Waals surface area contributed by atoms with Gasteiger partial charge in [0.15, 0.2) is 0 Å². The minimum Gasteiger partial charge on any atom is -0.481 e. The van der Waals surface area contributed by atoms with Crippen LogP contribution in [0.1, 0.15) is 18.9 Å². The highest BCUT2D eigenvalue weighted by atomic mass is 35.5. The summed E-state index contributed by atoms with van der Waals surface area (Å²) < 4.78 is 0. The van der Waals surface area contributed by atoms with Crippen LogP contribution in [-0.2, 0) is 11.2 Å². The highest BCUT2D eigenvalue weighted by Gasteiger charge is 2.19. The SMILES string of the molecule is CC(Cc1ccc(Cl)c(Cl)c1)CC(CN)C(=O)O. The van der Waals surface area contributed by atoms with E-state index in [2.05, 4.69) is 0 Å². The van der Waals surface area contributed by atoms with Gasteiger partial charge in [0.25, 0.3) is 0 Å². The van der Waals surface area contributed by atoms with Gasteiger partial charge in [-0.1, -0.05) is 36.2 Å². The van der Waals surface area contributed by atoms with Crippen LogP contribution in [0.15, 0.2) is 18.2 Å². The molecule has 0 saturated heterocycles. The molecule has 1 rings (SSSR count). The molecule has 0 aliphatic carbocycles. The molecule has 0 aliphatic rings. The van der Waals surface area contributed by atoms with Gasteiger partial charge in [-0.2, -0.15) is 0 Å². The van der Waals surface area contributed by atoms with E-state index in [0.717, 1.165) is 12.0 Å². The topological polar surface area (TPSA) is 63.3 Å². The lowest BCUT2D eigenvalue weighted by molar-refractivity contribution is -0.141. The normalized spacial score (nSPS) is 14.2. The van der Waals surface area contributed by atoms with Gasteiger partial charge in [-0.25, -0.2) is 0 Å².